The van der Waals surface area contributed by atoms with Crippen molar-refractivity contribution in [3.63, 3.8) is 0 Å². The van der Waals surface area contributed by atoms with Crippen molar-refractivity contribution in [3.05, 3.63) is 59.8 Å². The fourth-order valence-corrected chi connectivity index (χ4v) is 1.56. The number of aromatic nitrogens is 1. The van der Waals surface area contributed by atoms with Gasteiger partial charge >= 0.3 is 5.97 Å². The summed E-state index contributed by atoms with van der Waals surface area (Å²) < 4.78 is 0. The van der Waals surface area contributed by atoms with Crippen LogP contribution in [0.3, 0.4) is 0 Å². The summed E-state index contributed by atoms with van der Waals surface area (Å²) in [6.07, 6.45) is 4.17. The van der Waals surface area contributed by atoms with Crippen LogP contribution in [0, 0.1) is 0 Å². The molecule has 3 N–H and O–H groups in total. The van der Waals surface area contributed by atoms with E-state index in [0.717, 1.165) is 5.56 Å². The molecule has 0 spiro atoms. The highest BCUT2D eigenvalue weighted by molar-refractivity contribution is 6.02. The number of phenols is 1. The number of carbonyl (C=O) groups is 2. The molecule has 1 aromatic heterocycles. The first-order valence-electron chi connectivity index (χ1n) is 6.02. The summed E-state index contributed by atoms with van der Waals surface area (Å²) in [7, 11) is 0. The van der Waals surface area contributed by atoms with Crippen molar-refractivity contribution >= 4 is 23.8 Å². The Morgan fingerprint density at radius 1 is 1.14 bits per heavy atom. The van der Waals surface area contributed by atoms with Crippen molar-refractivity contribution in [2.24, 2.45) is 0 Å². The van der Waals surface area contributed by atoms with Crippen LogP contribution >= 0.6 is 0 Å². The smallest absolute Gasteiger partial charge is 0.335 e. The highest BCUT2D eigenvalue weighted by Crippen LogP contribution is 2.11. The van der Waals surface area contributed by atoms with Gasteiger partial charge in [-0.2, -0.15) is 0 Å². The van der Waals surface area contributed by atoms with E-state index in [-0.39, 0.29) is 17.1 Å². The maximum absolute atomic E-state index is 11.7. The van der Waals surface area contributed by atoms with Crippen LogP contribution in [0.15, 0.2) is 48.7 Å². The topological polar surface area (TPSA) is 99.5 Å². The van der Waals surface area contributed by atoms with Gasteiger partial charge in [-0.3, -0.25) is 4.79 Å². The lowest BCUT2D eigenvalue weighted by Crippen LogP contribution is -2.10. The first kappa shape index (κ1) is 14.3. The number of amides is 1. The van der Waals surface area contributed by atoms with Crippen molar-refractivity contribution in [3.8, 4) is 5.75 Å². The van der Waals surface area contributed by atoms with Crippen LogP contribution in [0.1, 0.15) is 15.9 Å². The molecule has 1 amide bonds. The van der Waals surface area contributed by atoms with E-state index in [1.54, 1.807) is 18.2 Å². The van der Waals surface area contributed by atoms with E-state index in [9.17, 15) is 9.59 Å². The van der Waals surface area contributed by atoms with Gasteiger partial charge in [0.15, 0.2) is 0 Å². The Morgan fingerprint density at radius 3 is 2.52 bits per heavy atom. The number of carbonyl (C=O) groups excluding carboxylic acids is 1. The SMILES string of the molecule is O=C(C=Cc1ccc(O)cc1)Nc1cc(C(=O)O)ccn1. The number of pyridine rings is 1. The van der Waals surface area contributed by atoms with Gasteiger partial charge in [0, 0.05) is 12.3 Å². The van der Waals surface area contributed by atoms with Crippen LogP contribution in [0.4, 0.5) is 5.82 Å². The quantitative estimate of drug-likeness (QED) is 0.747. The molecule has 0 saturated carbocycles. The summed E-state index contributed by atoms with van der Waals surface area (Å²) in [5, 5.41) is 20.5. The molecule has 0 saturated heterocycles. The summed E-state index contributed by atoms with van der Waals surface area (Å²) in [5.74, 6) is -1.22. The fourth-order valence-electron chi connectivity index (χ4n) is 1.56. The zero-order valence-electron chi connectivity index (χ0n) is 10.9. The van der Waals surface area contributed by atoms with Gasteiger partial charge in [0.1, 0.15) is 11.6 Å². The number of carboxylic acids is 1. The second-order valence-corrected chi connectivity index (χ2v) is 4.15. The van der Waals surface area contributed by atoms with Crippen LogP contribution in [0.25, 0.3) is 6.08 Å². The summed E-state index contributed by atoms with van der Waals surface area (Å²) in [4.78, 5) is 26.4. The van der Waals surface area contributed by atoms with E-state index < -0.39 is 11.9 Å². The number of nitrogens with zero attached hydrogens (tertiary/aromatic N) is 1. The lowest BCUT2D eigenvalue weighted by atomic mass is 10.2. The third-order valence-corrected chi connectivity index (χ3v) is 2.58. The Balaban J connectivity index is 2.03. The van der Waals surface area contributed by atoms with E-state index in [1.807, 2.05) is 0 Å². The van der Waals surface area contributed by atoms with E-state index in [1.165, 1.54) is 36.5 Å². The molecule has 106 valence electrons. The first-order chi connectivity index (χ1) is 10.0. The number of hydrogen-bond donors (Lipinski definition) is 3. The van der Waals surface area contributed by atoms with Gasteiger partial charge in [0.05, 0.1) is 5.56 Å². The number of benzene rings is 1. The molecule has 1 aromatic carbocycles. The minimum atomic E-state index is -1.09. The predicted octanol–water partition coefficient (Wildman–Crippen LogP) is 2.14. The van der Waals surface area contributed by atoms with Crippen LogP contribution in [0.5, 0.6) is 5.75 Å². The van der Waals surface area contributed by atoms with Crippen molar-refractivity contribution in [2.75, 3.05) is 5.32 Å². The largest absolute Gasteiger partial charge is 0.508 e. The summed E-state index contributed by atoms with van der Waals surface area (Å²) in [6, 6.07) is 8.94. The van der Waals surface area contributed by atoms with Crippen LogP contribution in [-0.2, 0) is 4.79 Å². The standard InChI is InChI=1S/C15H12N2O4/c18-12-4-1-10(2-5-12)3-6-14(19)17-13-9-11(15(20)21)7-8-16-13/h1-9,18H,(H,20,21)(H,16,17,19). The molecule has 0 bridgehead atoms. The molecule has 1 heterocycles. The molecular weight excluding hydrogens is 272 g/mol. The number of phenolic OH excluding ortho intramolecular Hbond substituents is 1. The Labute approximate surface area is 120 Å². The molecule has 2 aromatic rings. The van der Waals surface area contributed by atoms with Crippen LogP contribution < -0.4 is 5.32 Å². The maximum Gasteiger partial charge on any atom is 0.335 e. The fraction of sp³-hybridized carbons (Fsp3) is 0. The van der Waals surface area contributed by atoms with Crippen LogP contribution in [0.2, 0.25) is 0 Å². The maximum atomic E-state index is 11.7. The molecule has 2 rings (SSSR count). The minimum Gasteiger partial charge on any atom is -0.508 e. The molecule has 6 nitrogen and oxygen atoms in total. The van der Waals surface area contributed by atoms with E-state index in [0.29, 0.717) is 0 Å². The lowest BCUT2D eigenvalue weighted by Gasteiger charge is -2.02. The molecule has 0 aliphatic carbocycles. The molecule has 0 atom stereocenters. The Kier molecular flexibility index (Phi) is 4.30. The summed E-state index contributed by atoms with van der Waals surface area (Å²) in [6.45, 7) is 0. The zero-order valence-corrected chi connectivity index (χ0v) is 10.9. The number of anilines is 1. The predicted molar refractivity (Wildman–Crippen MR) is 77.0 cm³/mol. The van der Waals surface area contributed by atoms with Crippen LogP contribution in [-0.4, -0.2) is 27.1 Å². The second-order valence-electron chi connectivity index (χ2n) is 4.15. The molecule has 0 radical (unpaired) electrons. The molecule has 21 heavy (non-hydrogen) atoms. The number of carboxylic acid groups (broad SMARTS) is 1. The minimum absolute atomic E-state index is 0.0443. The zero-order chi connectivity index (χ0) is 15.2. The molecule has 0 aliphatic heterocycles. The number of nitrogens with one attached hydrogen (secondary N) is 1. The Morgan fingerprint density at radius 2 is 1.86 bits per heavy atom. The third kappa shape index (κ3) is 4.17. The number of aromatic hydroxyl groups is 1. The average Bonchev–Trinajstić information content (AvgIpc) is 2.47. The van der Waals surface area contributed by atoms with E-state index in [4.69, 9.17) is 10.2 Å². The number of rotatable bonds is 4. The van der Waals surface area contributed by atoms with Gasteiger partial charge in [-0.05, 0) is 35.9 Å². The molecular formula is C15H12N2O4. The van der Waals surface area contributed by atoms with Crippen molar-refractivity contribution < 1.29 is 19.8 Å². The lowest BCUT2D eigenvalue weighted by molar-refractivity contribution is -0.111. The monoisotopic (exact) mass is 284 g/mol. The van der Waals surface area contributed by atoms with Gasteiger partial charge in [0.2, 0.25) is 5.91 Å². The average molecular weight is 284 g/mol. The Bertz CT molecular complexity index is 693. The van der Waals surface area contributed by atoms with E-state index in [2.05, 4.69) is 10.3 Å². The summed E-state index contributed by atoms with van der Waals surface area (Å²) in [5.41, 5.74) is 0.790. The highest BCUT2D eigenvalue weighted by atomic mass is 16.4. The van der Waals surface area contributed by atoms with Gasteiger partial charge in [-0.1, -0.05) is 12.1 Å². The van der Waals surface area contributed by atoms with Crippen molar-refractivity contribution in [2.45, 2.75) is 0 Å². The second kappa shape index (κ2) is 6.33. The van der Waals surface area contributed by atoms with Gasteiger partial charge in [0.25, 0.3) is 0 Å². The third-order valence-electron chi connectivity index (χ3n) is 2.58. The number of aromatic carboxylic acids is 1. The normalized spacial score (nSPS) is 10.5. The van der Waals surface area contributed by atoms with Gasteiger partial charge < -0.3 is 15.5 Å². The first-order valence-corrected chi connectivity index (χ1v) is 6.02. The molecule has 0 unspecified atom stereocenters. The molecule has 6 heteroatoms. The molecule has 0 aliphatic rings. The van der Waals surface area contributed by atoms with E-state index >= 15 is 0 Å². The van der Waals surface area contributed by atoms with Crippen molar-refractivity contribution in [1.29, 1.82) is 0 Å². The molecule has 0 fully saturated rings. The van der Waals surface area contributed by atoms with Gasteiger partial charge in [-0.25, -0.2) is 9.78 Å². The van der Waals surface area contributed by atoms with Gasteiger partial charge in [-0.15, -0.1) is 0 Å². The highest BCUT2D eigenvalue weighted by Gasteiger charge is 2.05. The number of hydrogen-bond acceptors (Lipinski definition) is 4. The Hall–Kier alpha value is -3.15. The van der Waals surface area contributed by atoms with Crippen molar-refractivity contribution in [1.82, 2.24) is 4.98 Å². The summed E-state index contributed by atoms with van der Waals surface area (Å²) >= 11 is 0.